The van der Waals surface area contributed by atoms with Gasteiger partial charge in [0.25, 0.3) is 0 Å². The second kappa shape index (κ2) is 7.41. The molecule has 1 aromatic carbocycles. The molecule has 1 unspecified atom stereocenters. The first kappa shape index (κ1) is 15.0. The minimum absolute atomic E-state index is 0.0304. The fourth-order valence-electron chi connectivity index (χ4n) is 2.63. The zero-order chi connectivity index (χ0) is 14.4. The van der Waals surface area contributed by atoms with E-state index in [2.05, 4.69) is 27.7 Å². The molecule has 2 N–H and O–H groups in total. The lowest BCUT2D eigenvalue weighted by atomic mass is 10.0. The second-order valence-electron chi connectivity index (χ2n) is 5.74. The zero-order valence-corrected chi connectivity index (χ0v) is 12.4. The molecule has 110 valence electrons. The number of nitrogens with one attached hydrogen (secondary N) is 2. The van der Waals surface area contributed by atoms with Crippen LogP contribution >= 0.6 is 0 Å². The Morgan fingerprint density at radius 2 is 2.10 bits per heavy atom. The molecule has 0 aliphatic carbocycles. The molecule has 1 aliphatic heterocycles. The van der Waals surface area contributed by atoms with Gasteiger partial charge in [0, 0.05) is 6.54 Å². The van der Waals surface area contributed by atoms with E-state index < -0.39 is 0 Å². The Labute approximate surface area is 121 Å². The third-order valence-corrected chi connectivity index (χ3v) is 3.69. The quantitative estimate of drug-likeness (QED) is 0.857. The highest BCUT2D eigenvalue weighted by atomic mass is 16.2. The van der Waals surface area contributed by atoms with Gasteiger partial charge in [0.1, 0.15) is 0 Å². The van der Waals surface area contributed by atoms with Gasteiger partial charge in [-0.05, 0) is 39.0 Å². The molecule has 0 radical (unpaired) electrons. The van der Waals surface area contributed by atoms with Crippen molar-refractivity contribution in [3.05, 3.63) is 35.9 Å². The fraction of sp³-hybridized carbons (Fsp3) is 0.562. The summed E-state index contributed by atoms with van der Waals surface area (Å²) in [6.07, 6.45) is 3.24. The molecule has 1 saturated heterocycles. The Bertz CT molecular complexity index is 413. The van der Waals surface area contributed by atoms with E-state index in [1.807, 2.05) is 32.3 Å². The van der Waals surface area contributed by atoms with Crippen molar-refractivity contribution < 1.29 is 4.79 Å². The summed E-state index contributed by atoms with van der Waals surface area (Å²) in [4.78, 5) is 14.5. The van der Waals surface area contributed by atoms with E-state index in [1.54, 1.807) is 0 Å². The molecule has 4 heteroatoms. The number of likely N-dealkylation sites (N-methyl/N-ethyl adjacent to an activating group) is 1. The topological polar surface area (TPSA) is 44.4 Å². The van der Waals surface area contributed by atoms with Gasteiger partial charge in [-0.1, -0.05) is 36.8 Å². The van der Waals surface area contributed by atoms with E-state index in [0.717, 1.165) is 31.5 Å². The summed E-state index contributed by atoms with van der Waals surface area (Å²) in [5.41, 5.74) is 1.16. The summed E-state index contributed by atoms with van der Waals surface area (Å²) >= 11 is 0. The molecule has 20 heavy (non-hydrogen) atoms. The maximum Gasteiger partial charge on any atom is 0.237 e. The van der Waals surface area contributed by atoms with Crippen LogP contribution in [0.4, 0.5) is 0 Å². The van der Waals surface area contributed by atoms with Crippen molar-refractivity contribution in [2.75, 3.05) is 27.2 Å². The first-order valence-electron chi connectivity index (χ1n) is 7.40. The number of benzene rings is 1. The average Bonchev–Trinajstić information content (AvgIpc) is 2.48. The minimum atomic E-state index is -0.0304. The Morgan fingerprint density at radius 1 is 1.35 bits per heavy atom. The molecule has 1 heterocycles. The van der Waals surface area contributed by atoms with Gasteiger partial charge in [0.05, 0.1) is 12.1 Å². The van der Waals surface area contributed by atoms with Crippen molar-refractivity contribution in [1.29, 1.82) is 0 Å². The largest absolute Gasteiger partial charge is 0.347 e. The van der Waals surface area contributed by atoms with E-state index in [-0.39, 0.29) is 18.0 Å². The normalized spacial score (nSPS) is 20.6. The first-order valence-corrected chi connectivity index (χ1v) is 7.40. The molecule has 1 fully saturated rings. The van der Waals surface area contributed by atoms with Gasteiger partial charge in [-0.15, -0.1) is 0 Å². The van der Waals surface area contributed by atoms with Crippen molar-refractivity contribution in [3.8, 4) is 0 Å². The van der Waals surface area contributed by atoms with E-state index in [9.17, 15) is 4.79 Å². The summed E-state index contributed by atoms with van der Waals surface area (Å²) in [5.74, 6) is 0.125. The van der Waals surface area contributed by atoms with Crippen molar-refractivity contribution in [2.24, 2.45) is 0 Å². The highest BCUT2D eigenvalue weighted by Gasteiger charge is 2.23. The molecule has 0 aromatic heterocycles. The van der Waals surface area contributed by atoms with Crippen molar-refractivity contribution in [1.82, 2.24) is 15.5 Å². The maximum atomic E-state index is 12.4. The van der Waals surface area contributed by atoms with E-state index in [0.29, 0.717) is 0 Å². The molecular formula is C16H25N3O. The standard InChI is InChI=1S/C16H25N3O/c1-19(2)12-15(13-8-4-3-5-9-13)18-16(20)14-10-6-7-11-17-14/h3-5,8-9,14-15,17H,6-7,10-12H2,1-2H3,(H,18,20)/t14-,15?/m1/s1. The van der Waals surface area contributed by atoms with Crippen LogP contribution in [-0.2, 0) is 4.79 Å². The summed E-state index contributed by atoms with van der Waals surface area (Å²) < 4.78 is 0. The Balaban J connectivity index is 2.01. The van der Waals surface area contributed by atoms with Crippen LogP contribution in [0.3, 0.4) is 0 Å². The van der Waals surface area contributed by atoms with Gasteiger partial charge in [0.15, 0.2) is 0 Å². The number of amides is 1. The van der Waals surface area contributed by atoms with Crippen LogP contribution < -0.4 is 10.6 Å². The lowest BCUT2D eigenvalue weighted by molar-refractivity contribution is -0.124. The molecule has 2 atom stereocenters. The van der Waals surface area contributed by atoms with E-state index in [4.69, 9.17) is 0 Å². The second-order valence-corrected chi connectivity index (χ2v) is 5.74. The molecule has 1 amide bonds. The smallest absolute Gasteiger partial charge is 0.237 e. The van der Waals surface area contributed by atoms with E-state index >= 15 is 0 Å². The molecule has 2 rings (SSSR count). The third-order valence-electron chi connectivity index (χ3n) is 3.69. The van der Waals surface area contributed by atoms with Crippen molar-refractivity contribution >= 4 is 5.91 Å². The molecule has 1 aliphatic rings. The fourth-order valence-corrected chi connectivity index (χ4v) is 2.63. The van der Waals surface area contributed by atoms with Crippen LogP contribution in [-0.4, -0.2) is 44.0 Å². The van der Waals surface area contributed by atoms with Crippen LogP contribution in [0.1, 0.15) is 30.9 Å². The Hall–Kier alpha value is -1.39. The maximum absolute atomic E-state index is 12.4. The molecule has 0 spiro atoms. The van der Waals surface area contributed by atoms with Crippen molar-refractivity contribution in [2.45, 2.75) is 31.3 Å². The lowest BCUT2D eigenvalue weighted by Gasteiger charge is -2.27. The Morgan fingerprint density at radius 3 is 2.70 bits per heavy atom. The SMILES string of the molecule is CN(C)CC(NC(=O)[C@H]1CCCCN1)c1ccccc1. The van der Waals surface area contributed by atoms with Gasteiger partial charge in [-0.3, -0.25) is 4.79 Å². The van der Waals surface area contributed by atoms with E-state index in [1.165, 1.54) is 6.42 Å². The van der Waals surface area contributed by atoms with Crippen LogP contribution in [0, 0.1) is 0 Å². The first-order chi connectivity index (χ1) is 9.66. The van der Waals surface area contributed by atoms with Crippen LogP contribution in [0.15, 0.2) is 30.3 Å². The van der Waals surface area contributed by atoms with Gasteiger partial charge < -0.3 is 15.5 Å². The number of hydrogen-bond acceptors (Lipinski definition) is 3. The van der Waals surface area contributed by atoms with Gasteiger partial charge in [-0.2, -0.15) is 0 Å². The number of hydrogen-bond donors (Lipinski definition) is 2. The highest BCUT2D eigenvalue weighted by Crippen LogP contribution is 2.15. The average molecular weight is 275 g/mol. The van der Waals surface area contributed by atoms with Gasteiger partial charge in [-0.25, -0.2) is 0 Å². The highest BCUT2D eigenvalue weighted by molar-refractivity contribution is 5.82. The summed E-state index contributed by atoms with van der Waals surface area (Å²) in [7, 11) is 4.06. The number of rotatable bonds is 5. The third kappa shape index (κ3) is 4.32. The monoisotopic (exact) mass is 275 g/mol. The number of carbonyl (C=O) groups is 1. The number of piperidine rings is 1. The summed E-state index contributed by atoms with van der Waals surface area (Å²) in [6.45, 7) is 1.75. The zero-order valence-electron chi connectivity index (χ0n) is 12.4. The predicted molar refractivity (Wildman–Crippen MR) is 81.5 cm³/mol. The molecular weight excluding hydrogens is 250 g/mol. The minimum Gasteiger partial charge on any atom is -0.347 e. The molecule has 0 bridgehead atoms. The van der Waals surface area contributed by atoms with Crippen LogP contribution in [0.25, 0.3) is 0 Å². The lowest BCUT2D eigenvalue weighted by Crippen LogP contribution is -2.48. The summed E-state index contributed by atoms with van der Waals surface area (Å²) in [5, 5.41) is 6.49. The van der Waals surface area contributed by atoms with Crippen LogP contribution in [0.5, 0.6) is 0 Å². The summed E-state index contributed by atoms with van der Waals surface area (Å²) in [6, 6.07) is 10.2. The van der Waals surface area contributed by atoms with Crippen LogP contribution in [0.2, 0.25) is 0 Å². The number of carbonyl (C=O) groups excluding carboxylic acids is 1. The molecule has 4 nitrogen and oxygen atoms in total. The van der Waals surface area contributed by atoms with Gasteiger partial charge in [0.2, 0.25) is 5.91 Å². The number of nitrogens with zero attached hydrogens (tertiary/aromatic N) is 1. The van der Waals surface area contributed by atoms with Gasteiger partial charge >= 0.3 is 0 Å². The molecule has 0 saturated carbocycles. The molecule has 1 aromatic rings. The predicted octanol–water partition coefficient (Wildman–Crippen LogP) is 1.55. The van der Waals surface area contributed by atoms with Crippen molar-refractivity contribution in [3.63, 3.8) is 0 Å². The Kier molecular flexibility index (Phi) is 5.56.